The summed E-state index contributed by atoms with van der Waals surface area (Å²) in [6.07, 6.45) is 4.28. The normalized spacial score (nSPS) is 29.6. The SMILES string of the molecule is CC1=C2N(Cc3ccccc3)C(=O)C[C@H](C)[C@]2(C)CCC1. The van der Waals surface area contributed by atoms with Crippen molar-refractivity contribution in [1.29, 1.82) is 0 Å². The predicted octanol–water partition coefficient (Wildman–Crippen LogP) is 4.52. The second kappa shape index (κ2) is 5.32. The summed E-state index contributed by atoms with van der Waals surface area (Å²) in [4.78, 5) is 14.7. The third-order valence-electron chi connectivity index (χ3n) is 5.52. The zero-order chi connectivity index (χ0) is 15.0. The highest BCUT2D eigenvalue weighted by Crippen LogP contribution is 2.51. The van der Waals surface area contributed by atoms with Crippen LogP contribution >= 0.6 is 0 Å². The van der Waals surface area contributed by atoms with Gasteiger partial charge in [-0.2, -0.15) is 0 Å². The van der Waals surface area contributed by atoms with Crippen LogP contribution in [-0.2, 0) is 11.3 Å². The molecule has 0 spiro atoms. The van der Waals surface area contributed by atoms with E-state index in [1.807, 2.05) is 18.2 Å². The number of benzene rings is 1. The highest BCUT2D eigenvalue weighted by Gasteiger charge is 2.46. The Balaban J connectivity index is 2.00. The molecule has 3 rings (SSSR count). The Labute approximate surface area is 127 Å². The average Bonchev–Trinajstić information content (AvgIpc) is 2.45. The maximum absolute atomic E-state index is 12.6. The van der Waals surface area contributed by atoms with E-state index < -0.39 is 0 Å². The number of nitrogens with zero attached hydrogens (tertiary/aromatic N) is 1. The van der Waals surface area contributed by atoms with Gasteiger partial charge in [-0.1, -0.05) is 49.8 Å². The number of rotatable bonds is 2. The van der Waals surface area contributed by atoms with Crippen molar-refractivity contribution in [2.75, 3.05) is 0 Å². The fourth-order valence-corrected chi connectivity index (χ4v) is 4.12. The van der Waals surface area contributed by atoms with Crippen LogP contribution in [0.1, 0.15) is 52.0 Å². The zero-order valence-corrected chi connectivity index (χ0v) is 13.4. The van der Waals surface area contributed by atoms with E-state index in [9.17, 15) is 4.79 Å². The third kappa shape index (κ3) is 2.41. The summed E-state index contributed by atoms with van der Waals surface area (Å²) in [5.74, 6) is 0.738. The smallest absolute Gasteiger partial charge is 0.227 e. The van der Waals surface area contributed by atoms with E-state index in [0.717, 1.165) is 6.42 Å². The minimum atomic E-state index is 0.172. The van der Waals surface area contributed by atoms with Crippen LogP contribution in [0.4, 0.5) is 0 Å². The van der Waals surface area contributed by atoms with Crippen molar-refractivity contribution in [3.8, 4) is 0 Å². The molecule has 21 heavy (non-hydrogen) atoms. The van der Waals surface area contributed by atoms with Gasteiger partial charge in [0.1, 0.15) is 0 Å². The number of carbonyl (C=O) groups is 1. The zero-order valence-electron chi connectivity index (χ0n) is 13.4. The van der Waals surface area contributed by atoms with E-state index in [0.29, 0.717) is 24.8 Å². The van der Waals surface area contributed by atoms with Gasteiger partial charge in [0.25, 0.3) is 0 Å². The van der Waals surface area contributed by atoms with Gasteiger partial charge >= 0.3 is 0 Å². The van der Waals surface area contributed by atoms with Crippen LogP contribution in [-0.4, -0.2) is 10.8 Å². The van der Waals surface area contributed by atoms with E-state index in [1.54, 1.807) is 0 Å². The lowest BCUT2D eigenvalue weighted by Gasteiger charge is -2.50. The molecule has 0 bridgehead atoms. The highest BCUT2D eigenvalue weighted by atomic mass is 16.2. The number of allylic oxidation sites excluding steroid dienone is 2. The Hall–Kier alpha value is -1.57. The summed E-state index contributed by atoms with van der Waals surface area (Å²) in [5, 5.41) is 0. The van der Waals surface area contributed by atoms with Gasteiger partial charge < -0.3 is 4.90 Å². The monoisotopic (exact) mass is 283 g/mol. The topological polar surface area (TPSA) is 20.3 Å². The average molecular weight is 283 g/mol. The minimum Gasteiger partial charge on any atom is -0.311 e. The fraction of sp³-hybridized carbons (Fsp3) is 0.526. The summed E-state index contributed by atoms with van der Waals surface area (Å²) >= 11 is 0. The second-order valence-corrected chi connectivity index (χ2v) is 6.97. The van der Waals surface area contributed by atoms with E-state index >= 15 is 0 Å². The first kappa shape index (κ1) is 14.4. The van der Waals surface area contributed by atoms with Gasteiger partial charge in [0.15, 0.2) is 0 Å². The summed E-state index contributed by atoms with van der Waals surface area (Å²) in [5.41, 5.74) is 4.12. The molecule has 0 saturated carbocycles. The largest absolute Gasteiger partial charge is 0.311 e. The number of hydrogen-bond donors (Lipinski definition) is 0. The summed E-state index contributed by atoms with van der Waals surface area (Å²) in [6, 6.07) is 10.4. The molecule has 0 unspecified atom stereocenters. The van der Waals surface area contributed by atoms with Crippen LogP contribution in [0.2, 0.25) is 0 Å². The molecular weight excluding hydrogens is 258 g/mol. The van der Waals surface area contributed by atoms with Gasteiger partial charge in [-0.15, -0.1) is 0 Å². The van der Waals surface area contributed by atoms with Crippen molar-refractivity contribution in [2.24, 2.45) is 11.3 Å². The molecule has 0 radical (unpaired) electrons. The molecule has 1 aliphatic heterocycles. The van der Waals surface area contributed by atoms with Gasteiger partial charge in [0, 0.05) is 17.5 Å². The first-order chi connectivity index (χ1) is 10.0. The molecule has 1 aromatic carbocycles. The molecule has 112 valence electrons. The van der Waals surface area contributed by atoms with E-state index in [1.165, 1.54) is 29.7 Å². The first-order valence-corrected chi connectivity index (χ1v) is 8.07. The second-order valence-electron chi connectivity index (χ2n) is 6.97. The molecule has 2 aliphatic rings. The number of piperidine rings is 1. The molecule has 1 fully saturated rings. The third-order valence-corrected chi connectivity index (χ3v) is 5.52. The van der Waals surface area contributed by atoms with Gasteiger partial charge in [-0.3, -0.25) is 4.79 Å². The van der Waals surface area contributed by atoms with E-state index in [4.69, 9.17) is 0 Å². The Morgan fingerprint density at radius 3 is 2.71 bits per heavy atom. The fourth-order valence-electron chi connectivity index (χ4n) is 4.12. The van der Waals surface area contributed by atoms with E-state index in [-0.39, 0.29) is 5.41 Å². The lowest BCUT2D eigenvalue weighted by molar-refractivity contribution is -0.137. The Morgan fingerprint density at radius 2 is 2.00 bits per heavy atom. The Kier molecular flexibility index (Phi) is 3.64. The molecule has 1 saturated heterocycles. The maximum Gasteiger partial charge on any atom is 0.227 e. The molecule has 0 aromatic heterocycles. The van der Waals surface area contributed by atoms with Crippen LogP contribution in [0.15, 0.2) is 41.6 Å². The molecule has 1 amide bonds. The van der Waals surface area contributed by atoms with Crippen LogP contribution in [0.25, 0.3) is 0 Å². The number of carbonyl (C=O) groups excluding carboxylic acids is 1. The summed E-state index contributed by atoms with van der Waals surface area (Å²) in [7, 11) is 0. The van der Waals surface area contributed by atoms with Crippen LogP contribution in [0.3, 0.4) is 0 Å². The maximum atomic E-state index is 12.6. The van der Waals surface area contributed by atoms with Gasteiger partial charge in [-0.05, 0) is 37.7 Å². The Bertz CT molecular complexity index is 574. The summed E-state index contributed by atoms with van der Waals surface area (Å²) < 4.78 is 0. The minimum absolute atomic E-state index is 0.172. The number of likely N-dealkylation sites (tertiary alicyclic amines) is 1. The standard InChI is InChI=1S/C19H25NO/c1-14-8-7-11-19(3)15(2)12-17(21)20(18(14)19)13-16-9-5-4-6-10-16/h4-6,9-10,15H,7-8,11-13H2,1-3H3/t15-,19-/m0/s1. The molecule has 1 heterocycles. The number of amides is 1. The van der Waals surface area contributed by atoms with Gasteiger partial charge in [0.05, 0.1) is 6.54 Å². The molecule has 2 nitrogen and oxygen atoms in total. The van der Waals surface area contributed by atoms with Crippen LogP contribution < -0.4 is 0 Å². The van der Waals surface area contributed by atoms with Crippen molar-refractivity contribution in [1.82, 2.24) is 4.90 Å². The van der Waals surface area contributed by atoms with Crippen molar-refractivity contribution < 1.29 is 4.79 Å². The Morgan fingerprint density at radius 1 is 1.29 bits per heavy atom. The highest BCUT2D eigenvalue weighted by molar-refractivity contribution is 5.80. The molecular formula is C19H25NO. The van der Waals surface area contributed by atoms with Crippen molar-refractivity contribution in [3.63, 3.8) is 0 Å². The van der Waals surface area contributed by atoms with E-state index in [2.05, 4.69) is 37.8 Å². The summed E-state index contributed by atoms with van der Waals surface area (Å²) in [6.45, 7) is 7.54. The van der Waals surface area contributed by atoms with Crippen molar-refractivity contribution in [3.05, 3.63) is 47.2 Å². The molecule has 1 aliphatic carbocycles. The van der Waals surface area contributed by atoms with Crippen molar-refractivity contribution in [2.45, 2.75) is 53.0 Å². The number of hydrogen-bond acceptors (Lipinski definition) is 1. The van der Waals surface area contributed by atoms with Crippen molar-refractivity contribution >= 4 is 5.91 Å². The molecule has 2 atom stereocenters. The lowest BCUT2D eigenvalue weighted by atomic mass is 9.64. The van der Waals surface area contributed by atoms with Crippen LogP contribution in [0.5, 0.6) is 0 Å². The molecule has 1 aromatic rings. The number of fused-ring (bicyclic) bond motifs is 1. The molecule has 2 heteroatoms. The quantitative estimate of drug-likeness (QED) is 0.781. The molecule has 0 N–H and O–H groups in total. The van der Waals surface area contributed by atoms with Gasteiger partial charge in [0.2, 0.25) is 5.91 Å². The first-order valence-electron chi connectivity index (χ1n) is 8.07. The van der Waals surface area contributed by atoms with Crippen LogP contribution in [0, 0.1) is 11.3 Å². The predicted molar refractivity (Wildman–Crippen MR) is 85.4 cm³/mol. The van der Waals surface area contributed by atoms with Gasteiger partial charge in [-0.25, -0.2) is 0 Å². The lowest BCUT2D eigenvalue weighted by Crippen LogP contribution is -2.48.